The van der Waals surface area contributed by atoms with Gasteiger partial charge in [0.15, 0.2) is 0 Å². The van der Waals surface area contributed by atoms with Crippen LogP contribution < -0.4 is 5.73 Å². The van der Waals surface area contributed by atoms with Gasteiger partial charge in [0.25, 0.3) is 0 Å². The Morgan fingerprint density at radius 1 is 1.21 bits per heavy atom. The first-order chi connectivity index (χ1) is 11.2. The first-order valence-electron chi connectivity index (χ1n) is 7.51. The van der Waals surface area contributed by atoms with E-state index in [-0.39, 0.29) is 23.9 Å². The Morgan fingerprint density at radius 3 is 2.50 bits per heavy atom. The van der Waals surface area contributed by atoms with Gasteiger partial charge in [-0.1, -0.05) is 6.07 Å². The van der Waals surface area contributed by atoms with Crippen molar-refractivity contribution < 1.29 is 13.2 Å². The van der Waals surface area contributed by atoms with Gasteiger partial charge in [-0.15, -0.1) is 0 Å². The summed E-state index contributed by atoms with van der Waals surface area (Å²) in [6.45, 7) is 4.41. The fourth-order valence-corrected chi connectivity index (χ4v) is 4.84. The van der Waals surface area contributed by atoms with Gasteiger partial charge in [0.1, 0.15) is 16.3 Å². The second-order valence-electron chi connectivity index (χ2n) is 6.31. The quantitative estimate of drug-likeness (QED) is 0.870. The molecule has 1 aromatic rings. The molecular formula is C14H19N5O3S2. The summed E-state index contributed by atoms with van der Waals surface area (Å²) in [5, 5.41) is 0. The molecule has 0 saturated carbocycles. The minimum absolute atomic E-state index is 0.160. The van der Waals surface area contributed by atoms with Crippen LogP contribution in [0.5, 0.6) is 0 Å². The van der Waals surface area contributed by atoms with Crippen LogP contribution in [0.4, 0.5) is 11.4 Å². The van der Waals surface area contributed by atoms with E-state index in [0.717, 1.165) is 11.4 Å². The molecule has 0 aromatic heterocycles. The number of amides is 1. The van der Waals surface area contributed by atoms with Crippen LogP contribution in [0.15, 0.2) is 31.8 Å². The molecule has 2 heterocycles. The van der Waals surface area contributed by atoms with Gasteiger partial charge >= 0.3 is 0 Å². The summed E-state index contributed by atoms with van der Waals surface area (Å²) in [7, 11) is -3.67. The molecule has 0 atom stereocenters. The zero-order chi connectivity index (χ0) is 17.5. The average Bonchev–Trinajstić information content (AvgIpc) is 3.01. The van der Waals surface area contributed by atoms with Crippen LogP contribution in [0, 0.1) is 0 Å². The standard InChI is InChI=1S/C14H19N5O3S2/c1-14(2,15)13(20)18-6-8-19(9-7-18)24(21,22)11-5-3-4-10-12(11)17-23-16-10/h3-5H,6-9,15H2,1-2H3. The van der Waals surface area contributed by atoms with E-state index < -0.39 is 15.6 Å². The summed E-state index contributed by atoms with van der Waals surface area (Å²) in [6, 6.07) is 4.94. The molecule has 0 bridgehead atoms. The lowest BCUT2D eigenvalue weighted by atomic mass is 10.1. The Balaban J connectivity index is 1.79. The van der Waals surface area contributed by atoms with E-state index in [1.807, 2.05) is 0 Å². The molecule has 8 nitrogen and oxygen atoms in total. The zero-order valence-electron chi connectivity index (χ0n) is 13.5. The van der Waals surface area contributed by atoms with Crippen LogP contribution in [-0.4, -0.2) is 55.2 Å². The first kappa shape index (κ1) is 17.2. The van der Waals surface area contributed by atoms with Crippen molar-refractivity contribution in [3.05, 3.63) is 18.2 Å². The Labute approximate surface area is 144 Å². The molecule has 1 saturated heterocycles. The Morgan fingerprint density at radius 2 is 1.88 bits per heavy atom. The van der Waals surface area contributed by atoms with Crippen molar-refractivity contribution in [2.75, 3.05) is 26.2 Å². The molecule has 24 heavy (non-hydrogen) atoms. The lowest BCUT2D eigenvalue weighted by Gasteiger charge is -2.36. The van der Waals surface area contributed by atoms with Crippen LogP contribution in [0.25, 0.3) is 0 Å². The number of carbonyl (C=O) groups is 1. The number of fused-ring (bicyclic) bond motifs is 1. The topological polar surface area (TPSA) is 108 Å². The van der Waals surface area contributed by atoms with Crippen LogP contribution in [0.1, 0.15) is 13.8 Å². The molecule has 0 unspecified atom stereocenters. The normalized spacial score (nSPS) is 18.4. The molecule has 2 aliphatic rings. The summed E-state index contributed by atoms with van der Waals surface area (Å²) in [5.74, 6) is -0.176. The highest BCUT2D eigenvalue weighted by atomic mass is 32.2. The highest BCUT2D eigenvalue weighted by molar-refractivity contribution is 7.89. The first-order valence-corrected chi connectivity index (χ1v) is 9.68. The molecule has 0 aliphatic carbocycles. The van der Waals surface area contributed by atoms with Crippen LogP contribution in [0.2, 0.25) is 0 Å². The van der Waals surface area contributed by atoms with E-state index in [0.29, 0.717) is 24.5 Å². The molecule has 1 aromatic carbocycles. The molecule has 1 fully saturated rings. The average molecular weight is 369 g/mol. The van der Waals surface area contributed by atoms with E-state index in [1.54, 1.807) is 36.9 Å². The second kappa shape index (κ2) is 6.03. The van der Waals surface area contributed by atoms with Gasteiger partial charge in [0.05, 0.1) is 16.9 Å². The highest BCUT2D eigenvalue weighted by Gasteiger charge is 2.35. The molecule has 2 aliphatic heterocycles. The van der Waals surface area contributed by atoms with E-state index in [4.69, 9.17) is 5.73 Å². The van der Waals surface area contributed by atoms with E-state index in [2.05, 4.69) is 8.73 Å². The molecule has 10 heteroatoms. The lowest BCUT2D eigenvalue weighted by Crippen LogP contribution is -2.57. The number of benzene rings is 1. The third-order valence-corrected chi connectivity index (χ3v) is 6.42. The molecule has 130 valence electrons. The van der Waals surface area contributed by atoms with Crippen molar-refractivity contribution in [3.63, 3.8) is 0 Å². The summed E-state index contributed by atoms with van der Waals surface area (Å²) in [6.07, 6.45) is 0. The summed E-state index contributed by atoms with van der Waals surface area (Å²) in [4.78, 5) is 14.0. The largest absolute Gasteiger partial charge is 0.338 e. The van der Waals surface area contributed by atoms with Crippen molar-refractivity contribution in [2.45, 2.75) is 24.3 Å². The van der Waals surface area contributed by atoms with Crippen molar-refractivity contribution in [1.29, 1.82) is 0 Å². The maximum Gasteiger partial charge on any atom is 0.245 e. The lowest BCUT2D eigenvalue weighted by molar-refractivity contribution is -0.137. The molecule has 3 rings (SSSR count). The van der Waals surface area contributed by atoms with Crippen LogP contribution >= 0.6 is 0 Å². The monoisotopic (exact) mass is 369 g/mol. The Kier molecular flexibility index (Phi) is 4.32. The zero-order valence-corrected chi connectivity index (χ0v) is 15.1. The Hall–Kier alpha value is -1.62. The fourth-order valence-electron chi connectivity index (χ4n) is 2.67. The van der Waals surface area contributed by atoms with Crippen LogP contribution in [-0.2, 0) is 26.2 Å². The minimum Gasteiger partial charge on any atom is -0.338 e. The molecular weight excluding hydrogens is 350 g/mol. The van der Waals surface area contributed by atoms with Crippen molar-refractivity contribution in [1.82, 2.24) is 9.21 Å². The van der Waals surface area contributed by atoms with Gasteiger partial charge in [-0.25, -0.2) is 8.42 Å². The number of hydrogen-bond donors (Lipinski definition) is 1. The number of sulfonamides is 1. The number of hydrogen-bond acceptors (Lipinski definition) is 6. The highest BCUT2D eigenvalue weighted by Crippen LogP contribution is 2.38. The molecule has 1 amide bonds. The number of nitrogens with zero attached hydrogens (tertiary/aromatic N) is 4. The van der Waals surface area contributed by atoms with Crippen molar-refractivity contribution in [3.8, 4) is 0 Å². The van der Waals surface area contributed by atoms with E-state index >= 15 is 0 Å². The molecule has 0 spiro atoms. The van der Waals surface area contributed by atoms with E-state index in [1.165, 1.54) is 4.31 Å². The maximum atomic E-state index is 12.9. The smallest absolute Gasteiger partial charge is 0.245 e. The van der Waals surface area contributed by atoms with E-state index in [9.17, 15) is 13.2 Å². The summed E-state index contributed by atoms with van der Waals surface area (Å²) in [5.41, 5.74) is 5.84. The third kappa shape index (κ3) is 3.02. The SMILES string of the molecule is CC(C)(N)C(=O)N1CCN(S(=O)(=O)c2cccc3c2N=S=N3)CC1. The summed E-state index contributed by atoms with van der Waals surface area (Å²) >= 11 is 0.987. The third-order valence-electron chi connectivity index (χ3n) is 3.94. The predicted molar refractivity (Wildman–Crippen MR) is 91.6 cm³/mol. The van der Waals surface area contributed by atoms with Gasteiger partial charge in [0, 0.05) is 26.2 Å². The minimum atomic E-state index is -3.67. The Bertz CT molecular complexity index is 846. The van der Waals surface area contributed by atoms with Gasteiger partial charge in [0.2, 0.25) is 15.9 Å². The van der Waals surface area contributed by atoms with Gasteiger partial charge in [-0.05, 0) is 26.0 Å². The second-order valence-corrected chi connectivity index (χ2v) is 8.74. The predicted octanol–water partition coefficient (Wildman–Crippen LogP) is 0.983. The van der Waals surface area contributed by atoms with Crippen molar-refractivity contribution in [2.24, 2.45) is 14.5 Å². The molecule has 2 N–H and O–H groups in total. The fraction of sp³-hybridized carbons (Fsp3) is 0.500. The molecule has 0 radical (unpaired) electrons. The number of rotatable bonds is 3. The van der Waals surface area contributed by atoms with Crippen LogP contribution in [0.3, 0.4) is 0 Å². The number of nitrogens with two attached hydrogens (primary N) is 1. The van der Waals surface area contributed by atoms with Gasteiger partial charge in [-0.2, -0.15) is 13.0 Å². The summed E-state index contributed by atoms with van der Waals surface area (Å²) < 4.78 is 35.4. The number of carbonyl (C=O) groups excluding carboxylic acids is 1. The maximum absolute atomic E-state index is 12.9. The van der Waals surface area contributed by atoms with Crippen molar-refractivity contribution >= 4 is 38.7 Å². The van der Waals surface area contributed by atoms with Gasteiger partial charge in [-0.3, -0.25) is 4.79 Å². The number of piperazine rings is 1. The van der Waals surface area contributed by atoms with Gasteiger partial charge < -0.3 is 10.6 Å².